The Balaban J connectivity index is 0.00000210. The lowest BCUT2D eigenvalue weighted by Gasteiger charge is -2.27. The van der Waals surface area contributed by atoms with Crippen LogP contribution >= 0.6 is 24.0 Å². The van der Waals surface area contributed by atoms with E-state index in [9.17, 15) is 8.42 Å². The summed E-state index contributed by atoms with van der Waals surface area (Å²) in [5, 5.41) is 3.59. The number of sulfone groups is 1. The molecule has 5 nitrogen and oxygen atoms in total. The van der Waals surface area contributed by atoms with Crippen LogP contribution in [-0.4, -0.2) is 56.5 Å². The molecule has 0 bridgehead atoms. The van der Waals surface area contributed by atoms with Crippen LogP contribution in [0.2, 0.25) is 0 Å². The summed E-state index contributed by atoms with van der Waals surface area (Å²) in [5.41, 5.74) is 1.53. The Bertz CT molecular complexity index is 780. The summed E-state index contributed by atoms with van der Waals surface area (Å²) in [4.78, 5) is 7.23. The summed E-state index contributed by atoms with van der Waals surface area (Å²) in [6, 6.07) is 11.3. The highest BCUT2D eigenvalue weighted by Crippen LogP contribution is 2.34. The number of aliphatic imine (C=N–C) groups is 1. The molecule has 150 valence electrons. The normalized spacial score (nSPS) is 30.2. The van der Waals surface area contributed by atoms with Crippen LogP contribution in [0.3, 0.4) is 0 Å². The zero-order valence-corrected chi connectivity index (χ0v) is 19.1. The zero-order valence-electron chi connectivity index (χ0n) is 15.9. The number of halogens is 1. The van der Waals surface area contributed by atoms with Crippen molar-refractivity contribution in [3.63, 3.8) is 0 Å². The molecule has 2 saturated heterocycles. The maximum absolute atomic E-state index is 11.7. The third-order valence-electron chi connectivity index (χ3n) is 5.98. The lowest BCUT2D eigenvalue weighted by atomic mass is 9.82. The van der Waals surface area contributed by atoms with Crippen LogP contribution < -0.4 is 5.32 Å². The molecule has 1 N–H and O–H groups in total. The Morgan fingerprint density at radius 1 is 1.26 bits per heavy atom. The Morgan fingerprint density at radius 2 is 2.00 bits per heavy atom. The molecule has 3 fully saturated rings. The number of benzene rings is 1. The fraction of sp³-hybridized carbons (Fsp3) is 0.650. The first-order chi connectivity index (χ1) is 12.4. The summed E-state index contributed by atoms with van der Waals surface area (Å²) in [7, 11) is -2.83. The maximum atomic E-state index is 11.7. The topological polar surface area (TPSA) is 61.8 Å². The highest BCUT2D eigenvalue weighted by atomic mass is 127. The number of hydrogen-bond donors (Lipinski definition) is 1. The van der Waals surface area contributed by atoms with Crippen molar-refractivity contribution in [2.24, 2.45) is 10.9 Å². The van der Waals surface area contributed by atoms with Crippen LogP contribution in [0, 0.1) is 5.92 Å². The van der Waals surface area contributed by atoms with Gasteiger partial charge in [0.25, 0.3) is 0 Å². The second-order valence-corrected chi connectivity index (χ2v) is 10.7. The van der Waals surface area contributed by atoms with Crippen LogP contribution in [0.1, 0.15) is 38.2 Å². The SMILES string of the molecule is CC1(c2ccccc2)CCN(C(=NCC2CCS(=O)(=O)C2)NC2CC2)C1.I. The molecule has 0 aromatic heterocycles. The molecule has 1 aliphatic carbocycles. The van der Waals surface area contributed by atoms with E-state index in [1.54, 1.807) is 0 Å². The fourth-order valence-corrected chi connectivity index (χ4v) is 5.95. The quantitative estimate of drug-likeness (QED) is 0.390. The van der Waals surface area contributed by atoms with E-state index in [4.69, 9.17) is 4.99 Å². The molecule has 2 aliphatic heterocycles. The molecule has 0 radical (unpaired) electrons. The molecule has 2 atom stereocenters. The smallest absolute Gasteiger partial charge is 0.194 e. The third-order valence-corrected chi connectivity index (χ3v) is 7.82. The average molecular weight is 503 g/mol. The van der Waals surface area contributed by atoms with E-state index in [2.05, 4.69) is 47.5 Å². The van der Waals surface area contributed by atoms with Gasteiger partial charge in [0.05, 0.1) is 11.5 Å². The van der Waals surface area contributed by atoms with Crippen molar-refractivity contribution < 1.29 is 8.42 Å². The molecule has 2 unspecified atom stereocenters. The molecule has 2 heterocycles. The van der Waals surface area contributed by atoms with Crippen molar-refractivity contribution in [2.75, 3.05) is 31.1 Å². The van der Waals surface area contributed by atoms with Gasteiger partial charge in [-0.2, -0.15) is 0 Å². The lowest BCUT2D eigenvalue weighted by molar-refractivity contribution is 0.435. The number of nitrogens with one attached hydrogen (secondary N) is 1. The van der Waals surface area contributed by atoms with Crippen molar-refractivity contribution in [2.45, 2.75) is 44.1 Å². The number of nitrogens with zero attached hydrogens (tertiary/aromatic N) is 2. The van der Waals surface area contributed by atoms with Crippen molar-refractivity contribution in [1.82, 2.24) is 10.2 Å². The highest BCUT2D eigenvalue weighted by Gasteiger charge is 2.38. The predicted molar refractivity (Wildman–Crippen MR) is 121 cm³/mol. The average Bonchev–Trinajstić information content (AvgIpc) is 3.25. The van der Waals surface area contributed by atoms with E-state index < -0.39 is 9.84 Å². The first kappa shape index (κ1) is 20.9. The molecular formula is C20H30IN3O2S. The number of rotatable bonds is 4. The second-order valence-electron chi connectivity index (χ2n) is 8.45. The van der Waals surface area contributed by atoms with Crippen molar-refractivity contribution >= 4 is 39.8 Å². The van der Waals surface area contributed by atoms with Gasteiger partial charge in [0.2, 0.25) is 0 Å². The van der Waals surface area contributed by atoms with Gasteiger partial charge in [-0.3, -0.25) is 4.99 Å². The second kappa shape index (κ2) is 8.27. The van der Waals surface area contributed by atoms with E-state index in [-0.39, 0.29) is 35.3 Å². The standard InChI is InChI=1S/C20H29N3O2S.HI/c1-20(17-5-3-2-4-6-17)10-11-23(15-20)19(22-18-7-8-18)21-13-16-9-12-26(24,25)14-16;/h2-6,16,18H,7-15H2,1H3,(H,21,22);1H. The van der Waals surface area contributed by atoms with Crippen LogP contribution in [0.25, 0.3) is 0 Å². The van der Waals surface area contributed by atoms with Crippen molar-refractivity contribution in [1.29, 1.82) is 0 Å². The monoisotopic (exact) mass is 503 g/mol. The Morgan fingerprint density at radius 3 is 2.63 bits per heavy atom. The number of likely N-dealkylation sites (tertiary alicyclic amines) is 1. The lowest BCUT2D eigenvalue weighted by Crippen LogP contribution is -2.43. The van der Waals surface area contributed by atoms with Crippen molar-refractivity contribution in [3.8, 4) is 0 Å². The van der Waals surface area contributed by atoms with Gasteiger partial charge in [-0.25, -0.2) is 8.42 Å². The molecular weight excluding hydrogens is 473 g/mol. The largest absolute Gasteiger partial charge is 0.354 e. The molecule has 1 saturated carbocycles. The van der Waals surface area contributed by atoms with Gasteiger partial charge in [-0.1, -0.05) is 37.3 Å². The third kappa shape index (κ3) is 5.16. The van der Waals surface area contributed by atoms with Crippen LogP contribution in [0.4, 0.5) is 0 Å². The van der Waals surface area contributed by atoms with E-state index in [1.807, 2.05) is 0 Å². The van der Waals surface area contributed by atoms with E-state index in [0.717, 1.165) is 31.9 Å². The summed E-state index contributed by atoms with van der Waals surface area (Å²) in [6.07, 6.45) is 4.28. The molecule has 3 aliphatic rings. The van der Waals surface area contributed by atoms with Gasteiger partial charge >= 0.3 is 0 Å². The van der Waals surface area contributed by atoms with Crippen LogP contribution in [0.5, 0.6) is 0 Å². The molecule has 4 rings (SSSR count). The van der Waals surface area contributed by atoms with Gasteiger partial charge in [0.15, 0.2) is 15.8 Å². The minimum atomic E-state index is -2.83. The van der Waals surface area contributed by atoms with E-state index in [0.29, 0.717) is 24.1 Å². The summed E-state index contributed by atoms with van der Waals surface area (Å²) >= 11 is 0. The molecule has 0 amide bonds. The minimum Gasteiger partial charge on any atom is -0.354 e. The van der Waals surface area contributed by atoms with E-state index >= 15 is 0 Å². The van der Waals surface area contributed by atoms with Crippen LogP contribution in [0.15, 0.2) is 35.3 Å². The molecule has 7 heteroatoms. The summed E-state index contributed by atoms with van der Waals surface area (Å²) < 4.78 is 23.4. The van der Waals surface area contributed by atoms with E-state index in [1.165, 1.54) is 18.4 Å². The van der Waals surface area contributed by atoms with Gasteiger partial charge in [0, 0.05) is 31.1 Å². The van der Waals surface area contributed by atoms with Gasteiger partial charge in [-0.15, -0.1) is 24.0 Å². The Labute approximate surface area is 179 Å². The molecule has 1 aromatic carbocycles. The number of hydrogen-bond acceptors (Lipinski definition) is 3. The predicted octanol–water partition coefficient (Wildman–Crippen LogP) is 2.81. The zero-order chi connectivity index (χ0) is 18.2. The molecule has 1 aromatic rings. The number of guanidine groups is 1. The molecule has 27 heavy (non-hydrogen) atoms. The Hall–Kier alpha value is -0.830. The minimum absolute atomic E-state index is 0. The first-order valence-electron chi connectivity index (χ1n) is 9.75. The summed E-state index contributed by atoms with van der Waals surface area (Å²) in [5.74, 6) is 1.79. The maximum Gasteiger partial charge on any atom is 0.194 e. The summed E-state index contributed by atoms with van der Waals surface area (Å²) in [6.45, 7) is 4.90. The van der Waals surface area contributed by atoms with Gasteiger partial charge in [-0.05, 0) is 37.2 Å². The molecule has 0 spiro atoms. The van der Waals surface area contributed by atoms with Gasteiger partial charge in [0.1, 0.15) is 0 Å². The Kier molecular flexibility index (Phi) is 6.40. The van der Waals surface area contributed by atoms with Crippen LogP contribution in [-0.2, 0) is 15.3 Å². The fourth-order valence-electron chi connectivity index (χ4n) is 4.10. The van der Waals surface area contributed by atoms with Gasteiger partial charge < -0.3 is 10.2 Å². The van der Waals surface area contributed by atoms with Crippen molar-refractivity contribution in [3.05, 3.63) is 35.9 Å². The first-order valence-corrected chi connectivity index (χ1v) is 11.6. The highest BCUT2D eigenvalue weighted by molar-refractivity contribution is 14.0.